The van der Waals surface area contributed by atoms with Gasteiger partial charge in [-0.05, 0) is 59.8 Å². The quantitative estimate of drug-likeness (QED) is 0.732. The molecule has 2 N–H and O–H groups in total. The summed E-state index contributed by atoms with van der Waals surface area (Å²) in [5, 5.41) is 3.20. The maximum absolute atomic E-state index is 12.4. The topological polar surface area (TPSA) is 75.3 Å². The smallest absolute Gasteiger partial charge is 0.244 e. The molecule has 3 unspecified atom stereocenters. The van der Waals surface area contributed by atoms with Crippen molar-refractivity contribution >= 4 is 22.0 Å². The molecule has 0 heterocycles. The maximum atomic E-state index is 12.4. The van der Waals surface area contributed by atoms with Crippen molar-refractivity contribution in [1.29, 1.82) is 0 Å². The summed E-state index contributed by atoms with van der Waals surface area (Å²) in [4.78, 5) is 12.6. The fourth-order valence-electron chi connectivity index (χ4n) is 4.85. The molecule has 0 aromatic heterocycles. The summed E-state index contributed by atoms with van der Waals surface area (Å²) in [5.74, 6) is 0.594. The van der Waals surface area contributed by atoms with Gasteiger partial charge in [-0.15, -0.1) is 0 Å². The van der Waals surface area contributed by atoms with Crippen LogP contribution >= 0.6 is 0 Å². The van der Waals surface area contributed by atoms with Crippen molar-refractivity contribution in [3.8, 4) is 0 Å². The summed E-state index contributed by atoms with van der Waals surface area (Å²) >= 11 is 0. The van der Waals surface area contributed by atoms with Crippen molar-refractivity contribution in [2.75, 3.05) is 6.54 Å². The molecule has 0 aliphatic heterocycles. The lowest BCUT2D eigenvalue weighted by Gasteiger charge is -2.39. The van der Waals surface area contributed by atoms with E-state index in [4.69, 9.17) is 0 Å². The molecule has 2 bridgehead atoms. The molecule has 27 heavy (non-hydrogen) atoms. The van der Waals surface area contributed by atoms with Crippen LogP contribution in [-0.2, 0) is 14.8 Å². The number of benzene rings is 1. The van der Waals surface area contributed by atoms with Gasteiger partial charge in [0.2, 0.25) is 15.9 Å². The number of sulfonamides is 1. The van der Waals surface area contributed by atoms with Crippen molar-refractivity contribution in [3.63, 3.8) is 0 Å². The number of carbonyl (C=O) groups excluding carboxylic acids is 1. The zero-order chi connectivity index (χ0) is 19.9. The summed E-state index contributed by atoms with van der Waals surface area (Å²) in [6.45, 7) is 9.05. The maximum Gasteiger partial charge on any atom is 0.244 e. The average Bonchev–Trinajstić information content (AvgIpc) is 2.94. The Hall–Kier alpha value is -1.66. The van der Waals surface area contributed by atoms with Crippen molar-refractivity contribution in [2.45, 2.75) is 57.9 Å². The van der Waals surface area contributed by atoms with Crippen molar-refractivity contribution < 1.29 is 13.2 Å². The van der Waals surface area contributed by atoms with E-state index in [-0.39, 0.29) is 27.7 Å². The largest absolute Gasteiger partial charge is 0.349 e. The minimum absolute atomic E-state index is 0.0890. The number of rotatable bonds is 6. The van der Waals surface area contributed by atoms with Gasteiger partial charge >= 0.3 is 0 Å². The van der Waals surface area contributed by atoms with Gasteiger partial charge in [0.1, 0.15) is 0 Å². The van der Waals surface area contributed by atoms with E-state index < -0.39 is 10.0 Å². The fraction of sp³-hybridized carbons (Fsp3) is 0.571. The van der Waals surface area contributed by atoms with Gasteiger partial charge in [-0.2, -0.15) is 0 Å². The number of hydrogen-bond donors (Lipinski definition) is 2. The lowest BCUT2D eigenvalue weighted by atomic mass is 9.69. The van der Waals surface area contributed by atoms with E-state index in [9.17, 15) is 13.2 Å². The van der Waals surface area contributed by atoms with Gasteiger partial charge in [-0.3, -0.25) is 4.79 Å². The molecule has 0 radical (unpaired) electrons. The van der Waals surface area contributed by atoms with Gasteiger partial charge in [0.05, 0.1) is 4.90 Å². The summed E-state index contributed by atoms with van der Waals surface area (Å²) in [5.41, 5.74) is 1.21. The van der Waals surface area contributed by atoms with E-state index in [2.05, 4.69) is 30.8 Å². The molecule has 1 aromatic rings. The Bertz CT molecular complexity index is 843. The van der Waals surface area contributed by atoms with Crippen molar-refractivity contribution in [2.24, 2.45) is 16.7 Å². The zero-order valence-electron chi connectivity index (χ0n) is 16.6. The number of amides is 1. The Kier molecular flexibility index (Phi) is 5.25. The lowest BCUT2D eigenvalue weighted by molar-refractivity contribution is -0.118. The van der Waals surface area contributed by atoms with E-state index in [1.165, 1.54) is 18.9 Å². The molecule has 5 nitrogen and oxygen atoms in total. The van der Waals surface area contributed by atoms with Crippen LogP contribution in [0.4, 0.5) is 0 Å². The first-order valence-electron chi connectivity index (χ1n) is 9.68. The van der Waals surface area contributed by atoms with Crippen LogP contribution in [-0.4, -0.2) is 26.9 Å². The Balaban J connectivity index is 1.63. The van der Waals surface area contributed by atoms with Crippen LogP contribution in [0.25, 0.3) is 6.08 Å². The standard InChI is InChI=1S/C21H30N2O3S/c1-5-22-27(25,26)17-9-6-15(7-10-17)8-11-19(24)23-18-14-16-12-13-21(18,4)20(16,2)3/h6-11,16,18,22H,5,12-14H2,1-4H3,(H,23,24)/b11-8+. The molecule has 0 spiro atoms. The second-order valence-corrected chi connectivity index (χ2v) is 10.3. The van der Waals surface area contributed by atoms with E-state index >= 15 is 0 Å². The number of nitrogens with one attached hydrogen (secondary N) is 2. The summed E-state index contributed by atoms with van der Waals surface area (Å²) in [7, 11) is -3.45. The number of fused-ring (bicyclic) bond motifs is 2. The van der Waals surface area contributed by atoms with Crippen LogP contribution in [0, 0.1) is 16.7 Å². The normalized spacial score (nSPS) is 29.3. The first-order valence-corrected chi connectivity index (χ1v) is 11.2. The van der Waals surface area contributed by atoms with Crippen molar-refractivity contribution in [3.05, 3.63) is 35.9 Å². The number of hydrogen-bond acceptors (Lipinski definition) is 3. The third-order valence-electron chi connectivity index (χ3n) is 7.06. The first kappa shape index (κ1) is 20.1. The molecule has 2 fully saturated rings. The van der Waals surface area contributed by atoms with Crippen LogP contribution in [0.1, 0.15) is 52.5 Å². The van der Waals surface area contributed by atoms with Gasteiger partial charge in [-0.25, -0.2) is 13.1 Å². The molecule has 6 heteroatoms. The Morgan fingerprint density at radius 3 is 2.41 bits per heavy atom. The predicted molar refractivity (Wildman–Crippen MR) is 107 cm³/mol. The summed E-state index contributed by atoms with van der Waals surface area (Å²) < 4.78 is 26.4. The monoisotopic (exact) mass is 390 g/mol. The van der Waals surface area contributed by atoms with Crippen LogP contribution < -0.4 is 10.0 Å². The first-order chi connectivity index (χ1) is 12.6. The molecule has 148 valence electrons. The molecular weight excluding hydrogens is 360 g/mol. The Morgan fingerprint density at radius 2 is 1.89 bits per heavy atom. The van der Waals surface area contributed by atoms with Crippen molar-refractivity contribution in [1.82, 2.24) is 10.0 Å². The summed E-state index contributed by atoms with van der Waals surface area (Å²) in [6.07, 6.45) is 6.74. The van der Waals surface area contributed by atoms with Crippen LogP contribution in [0.5, 0.6) is 0 Å². The van der Waals surface area contributed by atoms with Gasteiger partial charge in [0, 0.05) is 18.7 Å². The lowest BCUT2D eigenvalue weighted by Crippen LogP contribution is -2.46. The molecular formula is C21H30N2O3S. The predicted octanol–water partition coefficient (Wildman–Crippen LogP) is 3.33. The molecule has 1 amide bonds. The highest BCUT2D eigenvalue weighted by atomic mass is 32.2. The third kappa shape index (κ3) is 3.57. The Morgan fingerprint density at radius 1 is 1.22 bits per heavy atom. The highest BCUT2D eigenvalue weighted by molar-refractivity contribution is 7.89. The minimum Gasteiger partial charge on any atom is -0.349 e. The van der Waals surface area contributed by atoms with E-state index in [0.29, 0.717) is 12.5 Å². The molecule has 3 atom stereocenters. The fourth-order valence-corrected chi connectivity index (χ4v) is 5.89. The van der Waals surface area contributed by atoms with E-state index in [1.54, 1.807) is 37.3 Å². The molecule has 3 rings (SSSR count). The highest BCUT2D eigenvalue weighted by Crippen LogP contribution is 2.65. The molecule has 2 aliphatic carbocycles. The van der Waals surface area contributed by atoms with Crippen LogP contribution in [0.2, 0.25) is 0 Å². The SMILES string of the molecule is CCNS(=O)(=O)c1ccc(/C=C/C(=O)NC2CC3CCC2(C)C3(C)C)cc1. The molecule has 0 saturated heterocycles. The third-order valence-corrected chi connectivity index (χ3v) is 8.62. The Labute approximate surface area is 162 Å². The van der Waals surface area contributed by atoms with E-state index in [0.717, 1.165) is 12.0 Å². The molecule has 1 aromatic carbocycles. The zero-order valence-corrected chi connectivity index (χ0v) is 17.4. The highest BCUT2D eigenvalue weighted by Gasteiger charge is 2.61. The molecule has 2 saturated carbocycles. The second-order valence-electron chi connectivity index (χ2n) is 8.58. The van der Waals surface area contributed by atoms with Gasteiger partial charge < -0.3 is 5.32 Å². The van der Waals surface area contributed by atoms with Gasteiger partial charge in [0.15, 0.2) is 0 Å². The minimum atomic E-state index is -3.45. The van der Waals surface area contributed by atoms with Gasteiger partial charge in [-0.1, -0.05) is 39.8 Å². The average molecular weight is 391 g/mol. The second kappa shape index (κ2) is 7.06. The summed E-state index contributed by atoms with van der Waals surface area (Å²) in [6, 6.07) is 6.73. The van der Waals surface area contributed by atoms with Crippen LogP contribution in [0.3, 0.4) is 0 Å². The van der Waals surface area contributed by atoms with E-state index in [1.807, 2.05) is 0 Å². The van der Waals surface area contributed by atoms with Crippen LogP contribution in [0.15, 0.2) is 35.2 Å². The molecule has 2 aliphatic rings. The number of carbonyl (C=O) groups is 1. The van der Waals surface area contributed by atoms with Gasteiger partial charge in [0.25, 0.3) is 0 Å².